The van der Waals surface area contributed by atoms with Gasteiger partial charge in [0.05, 0.1) is 0 Å². The van der Waals surface area contributed by atoms with Crippen LogP contribution in [0.1, 0.15) is 24.5 Å². The Morgan fingerprint density at radius 2 is 1.78 bits per heavy atom. The van der Waals surface area contributed by atoms with Crippen LogP contribution in [-0.4, -0.2) is 25.0 Å². The quantitative estimate of drug-likeness (QED) is 0.893. The number of hydrogen-bond donors (Lipinski definition) is 2. The van der Waals surface area contributed by atoms with Crippen molar-refractivity contribution >= 4 is 5.91 Å². The van der Waals surface area contributed by atoms with Crippen molar-refractivity contribution < 1.29 is 9.53 Å². The average Bonchev–Trinajstić information content (AvgIpc) is 2.62. The zero-order chi connectivity index (χ0) is 15.9. The molecule has 0 aromatic heterocycles. The molecule has 1 saturated heterocycles. The highest BCUT2D eigenvalue weighted by Gasteiger charge is 2.25. The van der Waals surface area contributed by atoms with Gasteiger partial charge in [0.15, 0.2) is 0 Å². The molecule has 1 aliphatic heterocycles. The minimum atomic E-state index is -0.638. The number of amides is 1. The highest BCUT2D eigenvalue weighted by molar-refractivity contribution is 5.82. The lowest BCUT2D eigenvalue weighted by Crippen LogP contribution is -2.47. The van der Waals surface area contributed by atoms with Crippen LogP contribution >= 0.6 is 0 Å². The van der Waals surface area contributed by atoms with Crippen LogP contribution in [0.25, 0.3) is 0 Å². The van der Waals surface area contributed by atoms with E-state index in [0.29, 0.717) is 5.75 Å². The standard InChI is InChI=1S/C19H22N2O2/c22-19(21-16-10-7-13-20-14-16)18(15-8-3-1-4-9-15)23-17-11-5-2-6-12-17/h1-6,8-9,11-12,16,18,20H,7,10,13-14H2,(H,21,22). The second kappa shape index (κ2) is 7.79. The van der Waals surface area contributed by atoms with Gasteiger partial charge in [-0.3, -0.25) is 4.79 Å². The van der Waals surface area contributed by atoms with Crippen LogP contribution in [0.4, 0.5) is 0 Å². The fraction of sp³-hybridized carbons (Fsp3) is 0.316. The Hall–Kier alpha value is -2.33. The zero-order valence-electron chi connectivity index (χ0n) is 13.1. The molecule has 2 aromatic rings. The van der Waals surface area contributed by atoms with E-state index in [0.717, 1.165) is 31.5 Å². The van der Waals surface area contributed by atoms with E-state index in [1.807, 2.05) is 60.7 Å². The summed E-state index contributed by atoms with van der Waals surface area (Å²) < 4.78 is 5.97. The molecule has 2 unspecified atom stereocenters. The fourth-order valence-electron chi connectivity index (χ4n) is 2.79. The highest BCUT2D eigenvalue weighted by Crippen LogP contribution is 2.22. The molecule has 2 aromatic carbocycles. The first-order chi connectivity index (χ1) is 11.3. The third-order valence-electron chi connectivity index (χ3n) is 3.98. The van der Waals surface area contributed by atoms with E-state index >= 15 is 0 Å². The Morgan fingerprint density at radius 1 is 1.09 bits per heavy atom. The first kappa shape index (κ1) is 15.6. The van der Waals surface area contributed by atoms with Gasteiger partial charge in [0, 0.05) is 18.2 Å². The van der Waals surface area contributed by atoms with Gasteiger partial charge in [-0.2, -0.15) is 0 Å². The first-order valence-corrected chi connectivity index (χ1v) is 8.10. The SMILES string of the molecule is O=C(NC1CCCNC1)C(Oc1ccccc1)c1ccccc1. The van der Waals surface area contributed by atoms with Crippen LogP contribution in [-0.2, 0) is 4.79 Å². The Morgan fingerprint density at radius 3 is 2.43 bits per heavy atom. The van der Waals surface area contributed by atoms with E-state index in [2.05, 4.69) is 10.6 Å². The second-order valence-corrected chi connectivity index (χ2v) is 5.77. The predicted molar refractivity (Wildman–Crippen MR) is 90.3 cm³/mol. The Bertz CT molecular complexity index is 610. The predicted octanol–water partition coefficient (Wildman–Crippen LogP) is 2.67. The molecular weight excluding hydrogens is 288 g/mol. The summed E-state index contributed by atoms with van der Waals surface area (Å²) in [5.74, 6) is 0.604. The molecule has 1 fully saturated rings. The molecule has 120 valence electrons. The molecule has 1 heterocycles. The van der Waals surface area contributed by atoms with Crippen LogP contribution < -0.4 is 15.4 Å². The van der Waals surface area contributed by atoms with Gasteiger partial charge in [0.25, 0.3) is 5.91 Å². The van der Waals surface area contributed by atoms with E-state index in [4.69, 9.17) is 4.74 Å². The summed E-state index contributed by atoms with van der Waals surface area (Å²) in [6.07, 6.45) is 1.45. The maximum Gasteiger partial charge on any atom is 0.266 e. The Balaban J connectivity index is 1.75. The molecule has 1 amide bonds. The monoisotopic (exact) mass is 310 g/mol. The normalized spacial score (nSPS) is 18.9. The van der Waals surface area contributed by atoms with Gasteiger partial charge in [-0.05, 0) is 31.5 Å². The van der Waals surface area contributed by atoms with Crippen LogP contribution in [0.3, 0.4) is 0 Å². The molecule has 4 nitrogen and oxygen atoms in total. The Kier molecular flexibility index (Phi) is 5.27. The highest BCUT2D eigenvalue weighted by atomic mass is 16.5. The van der Waals surface area contributed by atoms with E-state index < -0.39 is 6.10 Å². The van der Waals surface area contributed by atoms with Crippen molar-refractivity contribution in [3.05, 3.63) is 66.2 Å². The van der Waals surface area contributed by atoms with Gasteiger partial charge >= 0.3 is 0 Å². The second-order valence-electron chi connectivity index (χ2n) is 5.77. The number of carbonyl (C=O) groups is 1. The lowest BCUT2D eigenvalue weighted by atomic mass is 10.1. The molecule has 3 rings (SSSR count). The molecule has 1 aliphatic rings. The first-order valence-electron chi connectivity index (χ1n) is 8.10. The molecule has 2 N–H and O–H groups in total. The molecule has 0 aliphatic carbocycles. The summed E-state index contributed by atoms with van der Waals surface area (Å²) in [7, 11) is 0. The summed E-state index contributed by atoms with van der Waals surface area (Å²) in [6.45, 7) is 1.84. The molecular formula is C19H22N2O2. The third kappa shape index (κ3) is 4.33. The van der Waals surface area contributed by atoms with Crippen molar-refractivity contribution in [3.63, 3.8) is 0 Å². The molecule has 4 heteroatoms. The summed E-state index contributed by atoms with van der Waals surface area (Å²) in [5, 5.41) is 6.42. The number of hydrogen-bond acceptors (Lipinski definition) is 3. The van der Waals surface area contributed by atoms with Crippen molar-refractivity contribution in [1.29, 1.82) is 0 Å². The van der Waals surface area contributed by atoms with E-state index in [1.165, 1.54) is 0 Å². The Labute approximate surface area is 136 Å². The van der Waals surface area contributed by atoms with Crippen LogP contribution in [0.5, 0.6) is 5.75 Å². The molecule has 23 heavy (non-hydrogen) atoms. The van der Waals surface area contributed by atoms with Crippen LogP contribution in [0.2, 0.25) is 0 Å². The zero-order valence-corrected chi connectivity index (χ0v) is 13.1. The smallest absolute Gasteiger partial charge is 0.266 e. The largest absolute Gasteiger partial charge is 0.476 e. The van der Waals surface area contributed by atoms with E-state index in [-0.39, 0.29) is 11.9 Å². The number of piperidine rings is 1. The number of benzene rings is 2. The fourth-order valence-corrected chi connectivity index (χ4v) is 2.79. The van der Waals surface area contributed by atoms with Crippen molar-refractivity contribution in [2.75, 3.05) is 13.1 Å². The number of carbonyl (C=O) groups excluding carboxylic acids is 1. The summed E-state index contributed by atoms with van der Waals surface area (Å²) in [5.41, 5.74) is 0.859. The minimum Gasteiger partial charge on any atom is -0.476 e. The van der Waals surface area contributed by atoms with Gasteiger partial charge in [-0.25, -0.2) is 0 Å². The van der Waals surface area contributed by atoms with Crippen LogP contribution in [0, 0.1) is 0 Å². The summed E-state index contributed by atoms with van der Waals surface area (Å²) >= 11 is 0. The van der Waals surface area contributed by atoms with Gasteiger partial charge < -0.3 is 15.4 Å². The third-order valence-corrected chi connectivity index (χ3v) is 3.98. The molecule has 0 spiro atoms. The summed E-state index contributed by atoms with van der Waals surface area (Å²) in [4.78, 5) is 12.8. The maximum atomic E-state index is 12.8. The van der Waals surface area contributed by atoms with Crippen molar-refractivity contribution in [2.24, 2.45) is 0 Å². The van der Waals surface area contributed by atoms with E-state index in [1.54, 1.807) is 0 Å². The number of ether oxygens (including phenoxy) is 1. The van der Waals surface area contributed by atoms with Crippen molar-refractivity contribution in [2.45, 2.75) is 25.0 Å². The molecule has 0 bridgehead atoms. The van der Waals surface area contributed by atoms with Crippen molar-refractivity contribution in [3.8, 4) is 5.75 Å². The van der Waals surface area contributed by atoms with Crippen molar-refractivity contribution in [1.82, 2.24) is 10.6 Å². The van der Waals surface area contributed by atoms with Crippen LogP contribution in [0.15, 0.2) is 60.7 Å². The molecule has 2 atom stereocenters. The molecule has 0 radical (unpaired) electrons. The van der Waals surface area contributed by atoms with Gasteiger partial charge in [-0.1, -0.05) is 48.5 Å². The maximum absolute atomic E-state index is 12.8. The van der Waals surface area contributed by atoms with Gasteiger partial charge in [0.1, 0.15) is 5.75 Å². The lowest BCUT2D eigenvalue weighted by molar-refractivity contribution is -0.129. The number of para-hydroxylation sites is 1. The van der Waals surface area contributed by atoms with E-state index in [9.17, 15) is 4.79 Å². The van der Waals surface area contributed by atoms with Gasteiger partial charge in [0.2, 0.25) is 6.10 Å². The topological polar surface area (TPSA) is 50.4 Å². The number of rotatable bonds is 5. The number of nitrogens with one attached hydrogen (secondary N) is 2. The lowest BCUT2D eigenvalue weighted by Gasteiger charge is -2.26. The minimum absolute atomic E-state index is 0.0891. The average molecular weight is 310 g/mol. The van der Waals surface area contributed by atoms with Gasteiger partial charge in [-0.15, -0.1) is 0 Å². The molecule has 0 saturated carbocycles. The summed E-state index contributed by atoms with van der Waals surface area (Å²) in [6, 6.07) is 19.3.